The van der Waals surface area contributed by atoms with Gasteiger partial charge in [0.1, 0.15) is 17.8 Å². The Bertz CT molecular complexity index is 1410. The van der Waals surface area contributed by atoms with E-state index < -0.39 is 10.0 Å². The highest BCUT2D eigenvalue weighted by Gasteiger charge is 2.29. The smallest absolute Gasteiger partial charge is 0.243 e. The molecule has 3 aromatic heterocycles. The van der Waals surface area contributed by atoms with E-state index in [1.807, 2.05) is 42.2 Å². The van der Waals surface area contributed by atoms with Crippen LogP contribution in [0.1, 0.15) is 11.6 Å². The van der Waals surface area contributed by atoms with E-state index in [4.69, 9.17) is 4.42 Å². The van der Waals surface area contributed by atoms with Crippen molar-refractivity contribution in [1.29, 1.82) is 0 Å². The van der Waals surface area contributed by atoms with Gasteiger partial charge in [-0.15, -0.1) is 10.2 Å². The van der Waals surface area contributed by atoms with E-state index >= 15 is 0 Å². The van der Waals surface area contributed by atoms with Crippen LogP contribution < -0.4 is 10.2 Å². The molecule has 1 aromatic carbocycles. The molecule has 4 heterocycles. The van der Waals surface area contributed by atoms with Crippen molar-refractivity contribution in [2.45, 2.75) is 18.7 Å². The Morgan fingerprint density at radius 3 is 2.26 bits per heavy atom. The van der Waals surface area contributed by atoms with Gasteiger partial charge in [-0.25, -0.2) is 18.4 Å². The molecular formula is C24H25N7O3S. The predicted octanol–water partition coefficient (Wildman–Crippen LogP) is 3.40. The third-order valence-corrected chi connectivity index (χ3v) is 7.68. The van der Waals surface area contributed by atoms with Gasteiger partial charge in [0.2, 0.25) is 10.0 Å². The molecular weight excluding hydrogens is 466 g/mol. The number of benzene rings is 1. The van der Waals surface area contributed by atoms with Crippen LogP contribution in [0.2, 0.25) is 0 Å². The van der Waals surface area contributed by atoms with Crippen molar-refractivity contribution in [1.82, 2.24) is 24.5 Å². The molecule has 0 spiro atoms. The van der Waals surface area contributed by atoms with Gasteiger partial charge in [0.25, 0.3) is 0 Å². The molecule has 5 rings (SSSR count). The fourth-order valence-electron chi connectivity index (χ4n) is 3.90. The van der Waals surface area contributed by atoms with Gasteiger partial charge in [0.15, 0.2) is 17.5 Å². The average Bonchev–Trinajstić information content (AvgIpc) is 3.31. The largest absolute Gasteiger partial charge is 0.449 e. The monoisotopic (exact) mass is 491 g/mol. The lowest BCUT2D eigenvalue weighted by atomic mass is 10.2. The van der Waals surface area contributed by atoms with E-state index in [1.165, 1.54) is 4.31 Å². The van der Waals surface area contributed by atoms with Gasteiger partial charge in [0, 0.05) is 44.4 Å². The minimum atomic E-state index is -3.60. The fraction of sp³-hybridized carbons (Fsp3) is 0.250. The Hall–Kier alpha value is -3.83. The van der Waals surface area contributed by atoms with Crippen molar-refractivity contribution in [2.24, 2.45) is 0 Å². The van der Waals surface area contributed by atoms with Crippen LogP contribution in [0.3, 0.4) is 0 Å². The number of aryl methyl sites for hydroxylation is 2. The van der Waals surface area contributed by atoms with Crippen molar-refractivity contribution in [2.75, 3.05) is 36.4 Å². The SMILES string of the molecule is Cc1cccc(Nc2ccc(N3CCN(S(=O)(=O)c4ccc(-c5coc(C)n5)cc4)CC3)nn2)n1. The number of oxazole rings is 1. The zero-order chi connectivity index (χ0) is 24.4. The molecule has 1 saturated heterocycles. The minimum absolute atomic E-state index is 0.259. The molecule has 1 fully saturated rings. The van der Waals surface area contributed by atoms with Crippen LogP contribution in [0, 0.1) is 13.8 Å². The fourth-order valence-corrected chi connectivity index (χ4v) is 5.33. The van der Waals surface area contributed by atoms with Crippen LogP contribution >= 0.6 is 0 Å². The molecule has 35 heavy (non-hydrogen) atoms. The third-order valence-electron chi connectivity index (χ3n) is 5.76. The van der Waals surface area contributed by atoms with E-state index in [0.717, 1.165) is 11.3 Å². The Morgan fingerprint density at radius 1 is 0.857 bits per heavy atom. The molecule has 0 bridgehead atoms. The predicted molar refractivity (Wildman–Crippen MR) is 132 cm³/mol. The molecule has 1 aliphatic rings. The standard InChI is InChI=1S/C24H25N7O3S/c1-17-4-3-5-22(25-17)27-23-10-11-24(29-28-23)30-12-14-31(15-13-30)35(32,33)20-8-6-19(7-9-20)21-16-34-18(2)26-21/h3-11,16H,12-15H2,1-2H3,(H,25,27,28). The Morgan fingerprint density at radius 2 is 1.63 bits per heavy atom. The molecule has 1 N–H and O–H groups in total. The van der Waals surface area contributed by atoms with Gasteiger partial charge in [-0.1, -0.05) is 18.2 Å². The quantitative estimate of drug-likeness (QED) is 0.433. The number of rotatable bonds is 6. The number of nitrogens with one attached hydrogen (secondary N) is 1. The number of hydrogen-bond donors (Lipinski definition) is 1. The van der Waals surface area contributed by atoms with E-state index in [2.05, 4.69) is 25.5 Å². The molecule has 1 aliphatic heterocycles. The average molecular weight is 492 g/mol. The molecule has 0 radical (unpaired) electrons. The van der Waals surface area contributed by atoms with Gasteiger partial charge in [-0.05, 0) is 43.3 Å². The Kier molecular flexibility index (Phi) is 6.18. The van der Waals surface area contributed by atoms with Crippen molar-refractivity contribution < 1.29 is 12.8 Å². The highest BCUT2D eigenvalue weighted by atomic mass is 32.2. The van der Waals surface area contributed by atoms with Crippen molar-refractivity contribution >= 4 is 27.5 Å². The lowest BCUT2D eigenvalue weighted by Gasteiger charge is -2.34. The molecule has 10 nitrogen and oxygen atoms in total. The number of anilines is 3. The molecule has 11 heteroatoms. The summed E-state index contributed by atoms with van der Waals surface area (Å²) in [7, 11) is -3.60. The van der Waals surface area contributed by atoms with Gasteiger partial charge in [0.05, 0.1) is 4.90 Å². The summed E-state index contributed by atoms with van der Waals surface area (Å²) < 4.78 is 33.1. The Labute approximate surface area is 203 Å². The molecule has 0 unspecified atom stereocenters. The lowest BCUT2D eigenvalue weighted by Crippen LogP contribution is -2.48. The number of piperazine rings is 1. The van der Waals surface area contributed by atoms with Gasteiger partial charge in [-0.3, -0.25) is 0 Å². The van der Waals surface area contributed by atoms with Gasteiger partial charge < -0.3 is 14.6 Å². The summed E-state index contributed by atoms with van der Waals surface area (Å²) >= 11 is 0. The highest BCUT2D eigenvalue weighted by Crippen LogP contribution is 2.24. The maximum atomic E-state index is 13.2. The van der Waals surface area contributed by atoms with Crippen LogP contribution in [-0.4, -0.2) is 59.1 Å². The van der Waals surface area contributed by atoms with Crippen LogP contribution in [-0.2, 0) is 10.0 Å². The summed E-state index contributed by atoms with van der Waals surface area (Å²) in [5.41, 5.74) is 2.39. The molecule has 4 aromatic rings. The first kappa shape index (κ1) is 22.9. The van der Waals surface area contributed by atoms with Crippen LogP contribution in [0.15, 0.2) is 70.2 Å². The molecule has 0 atom stereocenters. The van der Waals surface area contributed by atoms with Crippen LogP contribution in [0.5, 0.6) is 0 Å². The minimum Gasteiger partial charge on any atom is -0.449 e. The third kappa shape index (κ3) is 5.00. The number of nitrogens with zero attached hydrogens (tertiary/aromatic N) is 6. The summed E-state index contributed by atoms with van der Waals surface area (Å²) in [5, 5.41) is 11.7. The topological polar surface area (TPSA) is 117 Å². The van der Waals surface area contributed by atoms with Crippen LogP contribution in [0.4, 0.5) is 17.5 Å². The summed E-state index contributed by atoms with van der Waals surface area (Å²) in [6.07, 6.45) is 1.56. The van der Waals surface area contributed by atoms with Crippen molar-refractivity contribution in [3.8, 4) is 11.3 Å². The summed E-state index contributed by atoms with van der Waals surface area (Å²) in [6.45, 7) is 5.46. The van der Waals surface area contributed by atoms with E-state index in [0.29, 0.717) is 55.2 Å². The first-order valence-electron chi connectivity index (χ1n) is 11.2. The number of sulfonamides is 1. The van der Waals surface area contributed by atoms with Crippen molar-refractivity contribution in [3.63, 3.8) is 0 Å². The van der Waals surface area contributed by atoms with E-state index in [-0.39, 0.29) is 4.90 Å². The summed E-state index contributed by atoms with van der Waals surface area (Å²) in [5.74, 6) is 2.57. The number of hydrogen-bond acceptors (Lipinski definition) is 9. The number of aromatic nitrogens is 4. The molecule has 0 amide bonds. The van der Waals surface area contributed by atoms with Crippen LogP contribution in [0.25, 0.3) is 11.3 Å². The second-order valence-corrected chi connectivity index (χ2v) is 10.2. The first-order chi connectivity index (χ1) is 16.9. The molecule has 0 saturated carbocycles. The normalized spacial score (nSPS) is 14.7. The van der Waals surface area contributed by atoms with Crippen molar-refractivity contribution in [3.05, 3.63) is 72.4 Å². The molecule has 0 aliphatic carbocycles. The van der Waals surface area contributed by atoms with E-state index in [1.54, 1.807) is 37.5 Å². The zero-order valence-corrected chi connectivity index (χ0v) is 20.2. The van der Waals surface area contributed by atoms with Gasteiger partial charge in [-0.2, -0.15) is 4.31 Å². The highest BCUT2D eigenvalue weighted by molar-refractivity contribution is 7.89. The second kappa shape index (κ2) is 9.43. The van der Waals surface area contributed by atoms with Gasteiger partial charge >= 0.3 is 0 Å². The number of pyridine rings is 1. The maximum Gasteiger partial charge on any atom is 0.243 e. The molecule has 180 valence electrons. The zero-order valence-electron chi connectivity index (χ0n) is 19.4. The maximum absolute atomic E-state index is 13.2. The van der Waals surface area contributed by atoms with E-state index in [9.17, 15) is 8.42 Å². The second-order valence-electron chi connectivity index (χ2n) is 8.23. The summed E-state index contributed by atoms with van der Waals surface area (Å²) in [4.78, 5) is 11.0. The first-order valence-corrected chi connectivity index (χ1v) is 12.6. The lowest BCUT2D eigenvalue weighted by molar-refractivity contribution is 0.383. The Balaban J connectivity index is 1.21. The summed E-state index contributed by atoms with van der Waals surface area (Å²) in [6, 6.07) is 16.1.